The molecule has 106 valence electrons. The van der Waals surface area contributed by atoms with Crippen LogP contribution in [0.3, 0.4) is 0 Å². The predicted octanol–water partition coefficient (Wildman–Crippen LogP) is 5.66. The predicted molar refractivity (Wildman–Crippen MR) is 89.5 cm³/mol. The van der Waals surface area contributed by atoms with E-state index in [0.717, 1.165) is 21.2 Å². The van der Waals surface area contributed by atoms with Crippen LogP contribution in [0.2, 0.25) is 10.0 Å². The Morgan fingerprint density at radius 2 is 1.71 bits per heavy atom. The van der Waals surface area contributed by atoms with Crippen molar-refractivity contribution in [3.8, 4) is 22.4 Å². The lowest BCUT2D eigenvalue weighted by atomic mass is 10.0. The molecule has 6 heteroatoms. The van der Waals surface area contributed by atoms with Crippen molar-refractivity contribution >= 4 is 45.0 Å². The lowest BCUT2D eigenvalue weighted by molar-refractivity contribution is 0.439. The maximum absolute atomic E-state index is 6.05. The zero-order valence-electron chi connectivity index (χ0n) is 10.6. The van der Waals surface area contributed by atoms with Crippen LogP contribution in [0.1, 0.15) is 0 Å². The van der Waals surface area contributed by atoms with Gasteiger partial charge in [0.25, 0.3) is 0 Å². The molecule has 3 aromatic rings. The van der Waals surface area contributed by atoms with E-state index in [2.05, 4.69) is 21.1 Å². The summed E-state index contributed by atoms with van der Waals surface area (Å²) in [5, 5.41) is 5.10. The average Bonchev–Trinajstić information content (AvgIpc) is 2.79. The first-order valence-corrected chi connectivity index (χ1v) is 7.57. The van der Waals surface area contributed by atoms with Gasteiger partial charge < -0.3 is 10.3 Å². The molecular weight excluding hydrogens is 375 g/mol. The number of hydrogen-bond donors (Lipinski definition) is 1. The summed E-state index contributed by atoms with van der Waals surface area (Å²) in [6, 6.07) is 12.9. The van der Waals surface area contributed by atoms with Crippen LogP contribution in [0.15, 0.2) is 51.5 Å². The van der Waals surface area contributed by atoms with Gasteiger partial charge in [-0.3, -0.25) is 0 Å². The summed E-state index contributed by atoms with van der Waals surface area (Å²) >= 11 is 15.5. The molecular formula is C15H9BrCl2N2O. The standard InChI is InChI=1S/C15H9BrCl2N2O/c16-10-3-1-2-8(4-10)13-14(20-21-15(13)19)9-5-11(17)7-12(18)6-9/h1-7H,19H2. The van der Waals surface area contributed by atoms with Crippen molar-refractivity contribution in [3.63, 3.8) is 0 Å². The van der Waals surface area contributed by atoms with Crippen molar-refractivity contribution in [2.24, 2.45) is 0 Å². The van der Waals surface area contributed by atoms with E-state index in [-0.39, 0.29) is 5.88 Å². The Morgan fingerprint density at radius 1 is 1.00 bits per heavy atom. The number of halogens is 3. The third-order valence-electron chi connectivity index (χ3n) is 2.97. The minimum Gasteiger partial charge on any atom is -0.367 e. The highest BCUT2D eigenvalue weighted by Gasteiger charge is 2.18. The molecule has 0 saturated carbocycles. The van der Waals surface area contributed by atoms with Crippen LogP contribution in [-0.4, -0.2) is 5.16 Å². The van der Waals surface area contributed by atoms with E-state index in [1.54, 1.807) is 18.2 Å². The van der Waals surface area contributed by atoms with Crippen LogP contribution in [0.25, 0.3) is 22.4 Å². The second kappa shape index (κ2) is 5.72. The Balaban J connectivity index is 2.21. The van der Waals surface area contributed by atoms with Gasteiger partial charge in [0.05, 0.1) is 5.56 Å². The zero-order valence-corrected chi connectivity index (χ0v) is 13.7. The van der Waals surface area contributed by atoms with E-state index in [1.807, 2.05) is 24.3 Å². The zero-order chi connectivity index (χ0) is 15.0. The molecule has 0 radical (unpaired) electrons. The highest BCUT2D eigenvalue weighted by atomic mass is 79.9. The molecule has 0 aliphatic rings. The van der Waals surface area contributed by atoms with Crippen LogP contribution in [-0.2, 0) is 0 Å². The smallest absolute Gasteiger partial charge is 0.230 e. The van der Waals surface area contributed by atoms with Crippen molar-refractivity contribution in [2.45, 2.75) is 0 Å². The van der Waals surface area contributed by atoms with E-state index >= 15 is 0 Å². The largest absolute Gasteiger partial charge is 0.367 e. The molecule has 0 aliphatic carbocycles. The monoisotopic (exact) mass is 382 g/mol. The summed E-state index contributed by atoms with van der Waals surface area (Å²) in [7, 11) is 0. The van der Waals surface area contributed by atoms with Crippen LogP contribution in [0.5, 0.6) is 0 Å². The minimum atomic E-state index is 0.249. The number of benzene rings is 2. The van der Waals surface area contributed by atoms with Gasteiger partial charge in [-0.05, 0) is 35.9 Å². The molecule has 0 unspecified atom stereocenters. The number of anilines is 1. The lowest BCUT2D eigenvalue weighted by Gasteiger charge is -2.05. The second-order valence-electron chi connectivity index (χ2n) is 4.44. The first-order chi connectivity index (χ1) is 10.0. The quantitative estimate of drug-likeness (QED) is 0.621. The third-order valence-corrected chi connectivity index (χ3v) is 3.90. The summed E-state index contributed by atoms with van der Waals surface area (Å²) in [4.78, 5) is 0. The fourth-order valence-electron chi connectivity index (χ4n) is 2.11. The summed E-state index contributed by atoms with van der Waals surface area (Å²) in [5.74, 6) is 0.249. The second-order valence-corrected chi connectivity index (χ2v) is 6.23. The highest BCUT2D eigenvalue weighted by molar-refractivity contribution is 9.10. The van der Waals surface area contributed by atoms with Gasteiger partial charge >= 0.3 is 0 Å². The third kappa shape index (κ3) is 2.93. The summed E-state index contributed by atoms with van der Waals surface area (Å²) < 4.78 is 6.09. The van der Waals surface area contributed by atoms with E-state index in [4.69, 9.17) is 33.5 Å². The molecule has 0 spiro atoms. The summed E-state index contributed by atoms with van der Waals surface area (Å²) in [6.07, 6.45) is 0. The maximum atomic E-state index is 6.05. The fraction of sp³-hybridized carbons (Fsp3) is 0. The molecule has 1 aromatic heterocycles. The van der Waals surface area contributed by atoms with E-state index in [9.17, 15) is 0 Å². The molecule has 0 saturated heterocycles. The Labute approximate surface area is 139 Å². The van der Waals surface area contributed by atoms with Crippen LogP contribution in [0.4, 0.5) is 5.88 Å². The van der Waals surface area contributed by atoms with Gasteiger partial charge in [0.15, 0.2) is 0 Å². The summed E-state index contributed by atoms with van der Waals surface area (Å²) in [6.45, 7) is 0. The molecule has 1 heterocycles. The van der Waals surface area contributed by atoms with Gasteiger partial charge in [-0.25, -0.2) is 0 Å². The molecule has 2 N–H and O–H groups in total. The molecule has 3 nitrogen and oxygen atoms in total. The molecule has 0 bridgehead atoms. The number of nitrogen functional groups attached to an aromatic ring is 1. The van der Waals surface area contributed by atoms with E-state index in [0.29, 0.717) is 15.7 Å². The van der Waals surface area contributed by atoms with Crippen LogP contribution in [0, 0.1) is 0 Å². The Bertz CT molecular complexity index is 797. The number of aromatic nitrogens is 1. The van der Waals surface area contributed by atoms with Crippen molar-refractivity contribution < 1.29 is 4.52 Å². The van der Waals surface area contributed by atoms with E-state index < -0.39 is 0 Å². The highest BCUT2D eigenvalue weighted by Crippen LogP contribution is 2.38. The normalized spacial score (nSPS) is 10.8. The van der Waals surface area contributed by atoms with Gasteiger partial charge in [0.2, 0.25) is 5.88 Å². The van der Waals surface area contributed by atoms with Crippen LogP contribution < -0.4 is 5.73 Å². The SMILES string of the molecule is Nc1onc(-c2cc(Cl)cc(Cl)c2)c1-c1cccc(Br)c1. The van der Waals surface area contributed by atoms with Gasteiger partial charge in [0, 0.05) is 20.1 Å². The minimum absolute atomic E-state index is 0.249. The number of hydrogen-bond acceptors (Lipinski definition) is 3. The Kier molecular flexibility index (Phi) is 3.93. The van der Waals surface area contributed by atoms with E-state index in [1.165, 1.54) is 0 Å². The van der Waals surface area contributed by atoms with Gasteiger partial charge in [-0.1, -0.05) is 56.4 Å². The van der Waals surface area contributed by atoms with Crippen molar-refractivity contribution in [2.75, 3.05) is 5.73 Å². The number of rotatable bonds is 2. The molecule has 0 amide bonds. The maximum Gasteiger partial charge on any atom is 0.230 e. The van der Waals surface area contributed by atoms with Crippen LogP contribution >= 0.6 is 39.1 Å². The topological polar surface area (TPSA) is 52.0 Å². The first kappa shape index (κ1) is 14.4. The molecule has 0 atom stereocenters. The van der Waals surface area contributed by atoms with Gasteiger partial charge in [0.1, 0.15) is 5.69 Å². The Morgan fingerprint density at radius 3 is 2.38 bits per heavy atom. The number of nitrogens with two attached hydrogens (primary N) is 1. The average molecular weight is 384 g/mol. The van der Waals surface area contributed by atoms with Gasteiger partial charge in [-0.2, -0.15) is 0 Å². The van der Waals surface area contributed by atoms with Crippen molar-refractivity contribution in [1.82, 2.24) is 5.16 Å². The molecule has 3 rings (SSSR count). The fourth-order valence-corrected chi connectivity index (χ4v) is 3.04. The summed E-state index contributed by atoms with van der Waals surface area (Å²) in [5.41, 5.74) is 8.90. The molecule has 0 fully saturated rings. The molecule has 21 heavy (non-hydrogen) atoms. The molecule has 2 aromatic carbocycles. The first-order valence-electron chi connectivity index (χ1n) is 6.02. The lowest BCUT2D eigenvalue weighted by Crippen LogP contribution is -1.88. The number of nitrogens with zero attached hydrogens (tertiary/aromatic N) is 1. The van der Waals surface area contributed by atoms with Crippen molar-refractivity contribution in [1.29, 1.82) is 0 Å². The van der Waals surface area contributed by atoms with Gasteiger partial charge in [-0.15, -0.1) is 0 Å². The Hall–Kier alpha value is -1.49. The van der Waals surface area contributed by atoms with Crippen molar-refractivity contribution in [3.05, 3.63) is 57.0 Å². The molecule has 0 aliphatic heterocycles.